The van der Waals surface area contributed by atoms with Crippen LogP contribution in [0.4, 0.5) is 5.69 Å². The van der Waals surface area contributed by atoms with Crippen molar-refractivity contribution in [3.8, 4) is 5.75 Å². The number of esters is 2. The Labute approximate surface area is 221 Å². The Bertz CT molecular complexity index is 1220. The molecule has 10 nitrogen and oxygen atoms in total. The Hall–Kier alpha value is -4.05. The van der Waals surface area contributed by atoms with Gasteiger partial charge in [-0.25, -0.2) is 4.79 Å². The number of aliphatic imine (C=N–C) groups is 1. The maximum Gasteiger partial charge on any atom is 0.336 e. The van der Waals surface area contributed by atoms with Crippen molar-refractivity contribution in [2.45, 2.75) is 32.6 Å². The highest BCUT2D eigenvalue weighted by molar-refractivity contribution is 6.07. The van der Waals surface area contributed by atoms with E-state index in [0.717, 1.165) is 12.0 Å². The molecule has 1 aliphatic heterocycles. The van der Waals surface area contributed by atoms with E-state index in [-0.39, 0.29) is 17.9 Å². The van der Waals surface area contributed by atoms with Gasteiger partial charge in [-0.3, -0.25) is 19.9 Å². The summed E-state index contributed by atoms with van der Waals surface area (Å²) in [7, 11) is 2.91. The van der Waals surface area contributed by atoms with Crippen molar-refractivity contribution in [3.63, 3.8) is 0 Å². The highest BCUT2D eigenvalue weighted by Crippen LogP contribution is 2.40. The van der Waals surface area contributed by atoms with Crippen LogP contribution in [0.15, 0.2) is 64.8 Å². The van der Waals surface area contributed by atoms with Crippen LogP contribution < -0.4 is 4.74 Å². The predicted molar refractivity (Wildman–Crippen MR) is 140 cm³/mol. The number of nitro groups is 1. The number of rotatable bonds is 12. The molecule has 0 bridgehead atoms. The number of non-ortho nitro benzene ring substituents is 1. The average Bonchev–Trinajstić information content (AvgIpc) is 2.91. The molecule has 0 saturated heterocycles. The maximum absolute atomic E-state index is 13.2. The summed E-state index contributed by atoms with van der Waals surface area (Å²) in [5.74, 6) is -2.31. The first kappa shape index (κ1) is 28.5. The van der Waals surface area contributed by atoms with Crippen molar-refractivity contribution in [1.29, 1.82) is 0 Å². The van der Waals surface area contributed by atoms with Gasteiger partial charge in [0, 0.05) is 43.0 Å². The summed E-state index contributed by atoms with van der Waals surface area (Å²) in [6.07, 6.45) is 1.26. The van der Waals surface area contributed by atoms with Crippen LogP contribution in [-0.4, -0.2) is 56.6 Å². The zero-order valence-corrected chi connectivity index (χ0v) is 22.0. The van der Waals surface area contributed by atoms with E-state index in [1.54, 1.807) is 27.0 Å². The number of hydrogen-bond acceptors (Lipinski definition) is 9. The lowest BCUT2D eigenvalue weighted by Gasteiger charge is -2.31. The number of benzene rings is 2. The summed E-state index contributed by atoms with van der Waals surface area (Å²) in [6, 6.07) is 13.6. The standard InChI is InChI=1S/C28H32N2O8/c1-18-24(27(31)36-4)26(21-7-5-8-22(17-21)30(33)34)25(19(2)29-18)28(32)38-15-6-14-37-23-11-9-20(10-12-23)13-16-35-3/h5,7-12,17,24,26H,6,13-16H2,1-4H3/t24?,26-/m0/s1. The fourth-order valence-corrected chi connectivity index (χ4v) is 4.39. The van der Waals surface area contributed by atoms with E-state index in [9.17, 15) is 19.7 Å². The highest BCUT2D eigenvalue weighted by Gasteiger charge is 2.42. The van der Waals surface area contributed by atoms with Crippen LogP contribution in [0, 0.1) is 16.0 Å². The average molecular weight is 525 g/mol. The molecule has 10 heteroatoms. The molecular formula is C28H32N2O8. The normalized spacial score (nSPS) is 17.0. The number of carbonyl (C=O) groups is 2. The van der Waals surface area contributed by atoms with Crippen LogP contribution in [0.1, 0.15) is 37.3 Å². The molecule has 2 atom stereocenters. The molecule has 0 radical (unpaired) electrons. The fraction of sp³-hybridized carbons (Fsp3) is 0.393. The molecule has 3 rings (SSSR count). The lowest BCUT2D eigenvalue weighted by atomic mass is 9.75. The molecule has 1 unspecified atom stereocenters. The third-order valence-corrected chi connectivity index (χ3v) is 6.25. The second-order valence-corrected chi connectivity index (χ2v) is 8.81. The largest absolute Gasteiger partial charge is 0.493 e. The van der Waals surface area contributed by atoms with Crippen LogP contribution in [0.2, 0.25) is 0 Å². The molecule has 0 fully saturated rings. The van der Waals surface area contributed by atoms with Crippen LogP contribution in [0.25, 0.3) is 0 Å². The zero-order chi connectivity index (χ0) is 27.7. The van der Waals surface area contributed by atoms with E-state index in [4.69, 9.17) is 18.9 Å². The van der Waals surface area contributed by atoms with Gasteiger partial charge >= 0.3 is 11.9 Å². The Kier molecular flexibility index (Phi) is 10.1. The van der Waals surface area contributed by atoms with Gasteiger partial charge in [-0.1, -0.05) is 24.3 Å². The van der Waals surface area contributed by atoms with Gasteiger partial charge in [0.05, 0.1) is 37.4 Å². The maximum atomic E-state index is 13.2. The first-order valence-electron chi connectivity index (χ1n) is 12.2. The summed E-state index contributed by atoms with van der Waals surface area (Å²) < 4.78 is 21.3. The van der Waals surface area contributed by atoms with E-state index in [0.29, 0.717) is 42.4 Å². The summed E-state index contributed by atoms with van der Waals surface area (Å²) in [5.41, 5.74) is 2.41. The van der Waals surface area contributed by atoms with E-state index in [1.165, 1.54) is 25.3 Å². The van der Waals surface area contributed by atoms with Crippen molar-refractivity contribution in [2.75, 3.05) is 34.0 Å². The second-order valence-electron chi connectivity index (χ2n) is 8.81. The summed E-state index contributed by atoms with van der Waals surface area (Å²) in [4.78, 5) is 41.2. The lowest BCUT2D eigenvalue weighted by Crippen LogP contribution is -2.36. The molecule has 2 aromatic rings. The van der Waals surface area contributed by atoms with Crippen molar-refractivity contribution in [1.82, 2.24) is 0 Å². The minimum Gasteiger partial charge on any atom is -0.493 e. The number of carbonyl (C=O) groups excluding carboxylic acids is 2. The van der Waals surface area contributed by atoms with Gasteiger partial charge < -0.3 is 18.9 Å². The van der Waals surface area contributed by atoms with Gasteiger partial charge in [0.1, 0.15) is 11.7 Å². The molecule has 38 heavy (non-hydrogen) atoms. The van der Waals surface area contributed by atoms with Crippen LogP contribution in [-0.2, 0) is 30.2 Å². The Morgan fingerprint density at radius 3 is 2.42 bits per heavy atom. The number of methoxy groups -OCH3 is 2. The molecule has 0 N–H and O–H groups in total. The molecule has 1 aliphatic rings. The summed E-state index contributed by atoms with van der Waals surface area (Å²) in [6.45, 7) is 4.37. The minimum absolute atomic E-state index is 0.0782. The second kappa shape index (κ2) is 13.5. The summed E-state index contributed by atoms with van der Waals surface area (Å²) >= 11 is 0. The third kappa shape index (κ3) is 7.04. The SMILES string of the molecule is COCCc1ccc(OCCCOC(=O)C2=C(C)N=C(C)C(C(=O)OC)[C@@H]2c2cccc([N+](=O)[O-])c2)cc1. The number of ether oxygens (including phenoxy) is 4. The summed E-state index contributed by atoms with van der Waals surface area (Å²) in [5, 5.41) is 11.4. The van der Waals surface area contributed by atoms with Gasteiger partial charge in [0.15, 0.2) is 0 Å². The van der Waals surface area contributed by atoms with E-state index in [2.05, 4.69) is 4.99 Å². The van der Waals surface area contributed by atoms with Crippen molar-refractivity contribution < 1.29 is 33.5 Å². The van der Waals surface area contributed by atoms with Gasteiger partial charge in [-0.05, 0) is 43.5 Å². The van der Waals surface area contributed by atoms with Crippen molar-refractivity contribution in [2.24, 2.45) is 10.9 Å². The molecule has 0 aliphatic carbocycles. The van der Waals surface area contributed by atoms with Crippen molar-refractivity contribution in [3.05, 3.63) is 81.0 Å². The van der Waals surface area contributed by atoms with Gasteiger partial charge in [0.25, 0.3) is 5.69 Å². The van der Waals surface area contributed by atoms with Crippen LogP contribution >= 0.6 is 0 Å². The van der Waals surface area contributed by atoms with Crippen LogP contribution in [0.5, 0.6) is 5.75 Å². The molecule has 202 valence electrons. The quantitative estimate of drug-likeness (QED) is 0.173. The first-order chi connectivity index (χ1) is 18.3. The van der Waals surface area contributed by atoms with Gasteiger partial charge in [-0.2, -0.15) is 0 Å². The van der Waals surface area contributed by atoms with Gasteiger partial charge in [-0.15, -0.1) is 0 Å². The monoisotopic (exact) mass is 524 g/mol. The molecule has 1 heterocycles. The lowest BCUT2D eigenvalue weighted by molar-refractivity contribution is -0.384. The topological polar surface area (TPSA) is 127 Å². The zero-order valence-electron chi connectivity index (χ0n) is 22.0. The van der Waals surface area contributed by atoms with Gasteiger partial charge in [0.2, 0.25) is 0 Å². The first-order valence-corrected chi connectivity index (χ1v) is 12.2. The van der Waals surface area contributed by atoms with E-state index < -0.39 is 28.7 Å². The number of nitrogens with zero attached hydrogens (tertiary/aromatic N) is 2. The van der Waals surface area contributed by atoms with Crippen LogP contribution in [0.3, 0.4) is 0 Å². The molecule has 0 saturated carbocycles. The number of nitro benzene ring substituents is 1. The van der Waals surface area contributed by atoms with E-state index >= 15 is 0 Å². The fourth-order valence-electron chi connectivity index (χ4n) is 4.39. The molecule has 0 spiro atoms. The Morgan fingerprint density at radius 2 is 1.76 bits per heavy atom. The Morgan fingerprint density at radius 1 is 1.03 bits per heavy atom. The Balaban J connectivity index is 1.70. The highest BCUT2D eigenvalue weighted by atomic mass is 16.6. The molecule has 0 aromatic heterocycles. The van der Waals surface area contributed by atoms with Crippen molar-refractivity contribution >= 4 is 23.3 Å². The molecule has 0 amide bonds. The predicted octanol–water partition coefficient (Wildman–Crippen LogP) is 4.42. The molecular weight excluding hydrogens is 492 g/mol. The minimum atomic E-state index is -0.927. The molecule has 2 aromatic carbocycles. The number of hydrogen-bond donors (Lipinski definition) is 0. The number of allylic oxidation sites excluding steroid dienone is 1. The van der Waals surface area contributed by atoms with E-state index in [1.807, 2.05) is 24.3 Å². The smallest absolute Gasteiger partial charge is 0.336 e. The third-order valence-electron chi connectivity index (χ3n) is 6.25.